The molecule has 1 heterocycles. The molecule has 1 fully saturated rings. The predicted molar refractivity (Wildman–Crippen MR) is 81.9 cm³/mol. The summed E-state index contributed by atoms with van der Waals surface area (Å²) in [6.07, 6.45) is 4.32. The third-order valence-electron chi connectivity index (χ3n) is 5.26. The highest BCUT2D eigenvalue weighted by atomic mass is 16.5. The van der Waals surface area contributed by atoms with E-state index in [2.05, 4.69) is 5.32 Å². The van der Waals surface area contributed by atoms with Gasteiger partial charge in [-0.3, -0.25) is 14.8 Å². The number of amides is 1. The van der Waals surface area contributed by atoms with Crippen molar-refractivity contribution in [2.75, 3.05) is 6.54 Å². The van der Waals surface area contributed by atoms with Crippen LogP contribution < -0.4 is 10.8 Å². The molecule has 22 heavy (non-hydrogen) atoms. The van der Waals surface area contributed by atoms with Crippen LogP contribution >= 0.6 is 0 Å². The fraction of sp³-hybridized carbons (Fsp3) is 0.529. The third kappa shape index (κ3) is 2.44. The number of hydroxylamine groups is 1. The predicted octanol–water partition coefficient (Wildman–Crippen LogP) is 1.62. The Balaban J connectivity index is 1.88. The Bertz CT molecular complexity index is 614. The average molecular weight is 302 g/mol. The van der Waals surface area contributed by atoms with E-state index in [4.69, 9.17) is 5.21 Å². The first-order chi connectivity index (χ1) is 10.6. The fourth-order valence-corrected chi connectivity index (χ4v) is 4.03. The molecule has 0 bridgehead atoms. The second-order valence-electron chi connectivity index (χ2n) is 6.42. The van der Waals surface area contributed by atoms with Gasteiger partial charge in [0.1, 0.15) is 5.78 Å². The van der Waals surface area contributed by atoms with Crippen molar-refractivity contribution in [3.05, 3.63) is 34.9 Å². The van der Waals surface area contributed by atoms with Crippen molar-refractivity contribution in [2.45, 2.75) is 45.1 Å². The van der Waals surface area contributed by atoms with Gasteiger partial charge in [-0.05, 0) is 60.9 Å². The van der Waals surface area contributed by atoms with Crippen molar-refractivity contribution < 1.29 is 14.8 Å². The molecule has 118 valence electrons. The molecule has 1 aliphatic heterocycles. The molecule has 1 aromatic carbocycles. The van der Waals surface area contributed by atoms with Gasteiger partial charge < -0.3 is 5.32 Å². The highest BCUT2D eigenvalue weighted by Gasteiger charge is 2.47. The van der Waals surface area contributed by atoms with Gasteiger partial charge in [-0.1, -0.05) is 13.0 Å². The third-order valence-corrected chi connectivity index (χ3v) is 5.26. The van der Waals surface area contributed by atoms with E-state index in [0.29, 0.717) is 17.8 Å². The second kappa shape index (κ2) is 5.82. The highest BCUT2D eigenvalue weighted by Crippen LogP contribution is 2.44. The van der Waals surface area contributed by atoms with Crippen LogP contribution in [0.5, 0.6) is 0 Å². The molecule has 3 rings (SSSR count). The molecule has 1 aromatic rings. The maximum absolute atomic E-state index is 12.2. The number of nitrogens with one attached hydrogen (secondary N) is 2. The second-order valence-corrected chi connectivity index (χ2v) is 6.42. The Morgan fingerprint density at radius 3 is 2.91 bits per heavy atom. The van der Waals surface area contributed by atoms with Crippen LogP contribution in [0.4, 0.5) is 0 Å². The monoisotopic (exact) mass is 302 g/mol. The first-order valence-electron chi connectivity index (χ1n) is 7.92. The summed E-state index contributed by atoms with van der Waals surface area (Å²) in [5.41, 5.74) is 4.55. The molecule has 2 aliphatic rings. The van der Waals surface area contributed by atoms with E-state index >= 15 is 0 Å². The lowest BCUT2D eigenvalue weighted by Crippen LogP contribution is -2.46. The molecule has 0 aromatic heterocycles. The Hall–Kier alpha value is -1.72. The standard InChI is InChI=1S/C17H22N2O3/c1-2-14(20)15-17(7-8-18-15)6-5-11-9-12(16(21)19-22)3-4-13(11)10-17/h3-4,9,15,18,22H,2,5-8,10H2,1H3,(H,19,21)/t15-,17?/m1/s1. The molecule has 1 unspecified atom stereocenters. The molecule has 3 N–H and O–H groups in total. The molecule has 1 amide bonds. The lowest BCUT2D eigenvalue weighted by Gasteiger charge is -2.38. The SMILES string of the molecule is CCC(=O)[C@H]1NCCC12CCc1cc(C(=O)NO)ccc1C2. The summed E-state index contributed by atoms with van der Waals surface area (Å²) >= 11 is 0. The van der Waals surface area contributed by atoms with Crippen molar-refractivity contribution in [2.24, 2.45) is 5.41 Å². The maximum atomic E-state index is 12.2. The van der Waals surface area contributed by atoms with E-state index in [1.807, 2.05) is 19.1 Å². The molecule has 5 nitrogen and oxygen atoms in total. The van der Waals surface area contributed by atoms with Crippen LogP contribution in [-0.2, 0) is 17.6 Å². The lowest BCUT2D eigenvalue weighted by atomic mass is 9.66. The molecule has 0 radical (unpaired) electrons. The minimum atomic E-state index is -0.482. The van der Waals surface area contributed by atoms with Crippen molar-refractivity contribution >= 4 is 11.7 Å². The topological polar surface area (TPSA) is 78.4 Å². The number of carbonyl (C=O) groups excluding carboxylic acids is 2. The zero-order chi connectivity index (χ0) is 15.7. The summed E-state index contributed by atoms with van der Waals surface area (Å²) in [5.74, 6) is -0.179. The maximum Gasteiger partial charge on any atom is 0.274 e. The molecule has 1 saturated heterocycles. The van der Waals surface area contributed by atoms with E-state index in [1.165, 1.54) is 5.56 Å². The zero-order valence-electron chi connectivity index (χ0n) is 12.8. The minimum Gasteiger partial charge on any atom is -0.307 e. The summed E-state index contributed by atoms with van der Waals surface area (Å²) in [7, 11) is 0. The number of benzene rings is 1. The van der Waals surface area contributed by atoms with E-state index in [9.17, 15) is 9.59 Å². The molecular formula is C17H22N2O3. The molecule has 2 atom stereocenters. The number of fused-ring (bicyclic) bond motifs is 1. The summed E-state index contributed by atoms with van der Waals surface area (Å²) in [5, 5.41) is 12.1. The summed E-state index contributed by atoms with van der Waals surface area (Å²) in [6.45, 7) is 2.82. The van der Waals surface area contributed by atoms with Gasteiger partial charge in [-0.15, -0.1) is 0 Å². The van der Waals surface area contributed by atoms with Gasteiger partial charge in [0, 0.05) is 12.0 Å². The van der Waals surface area contributed by atoms with Gasteiger partial charge in [0.2, 0.25) is 0 Å². The van der Waals surface area contributed by atoms with Gasteiger partial charge in [-0.2, -0.15) is 0 Å². The average Bonchev–Trinajstić information content (AvgIpc) is 2.95. The largest absolute Gasteiger partial charge is 0.307 e. The van der Waals surface area contributed by atoms with Crippen molar-refractivity contribution in [1.82, 2.24) is 10.8 Å². The Morgan fingerprint density at radius 2 is 2.18 bits per heavy atom. The summed E-state index contributed by atoms with van der Waals surface area (Å²) < 4.78 is 0. The summed E-state index contributed by atoms with van der Waals surface area (Å²) in [6, 6.07) is 5.52. The quantitative estimate of drug-likeness (QED) is 0.586. The first-order valence-corrected chi connectivity index (χ1v) is 7.92. The Labute approximate surface area is 130 Å². The van der Waals surface area contributed by atoms with Crippen LogP contribution in [-0.4, -0.2) is 29.5 Å². The van der Waals surface area contributed by atoms with Crippen LogP contribution in [0.25, 0.3) is 0 Å². The van der Waals surface area contributed by atoms with E-state index in [-0.39, 0.29) is 11.5 Å². The van der Waals surface area contributed by atoms with Crippen LogP contribution in [0.15, 0.2) is 18.2 Å². The van der Waals surface area contributed by atoms with E-state index in [1.54, 1.807) is 11.5 Å². The number of rotatable bonds is 3. The molecule has 0 saturated carbocycles. The van der Waals surface area contributed by atoms with Crippen LogP contribution in [0.3, 0.4) is 0 Å². The first kappa shape index (κ1) is 15.2. The van der Waals surface area contributed by atoms with Gasteiger partial charge in [0.05, 0.1) is 6.04 Å². The summed E-state index contributed by atoms with van der Waals surface area (Å²) in [4.78, 5) is 23.8. The normalized spacial score (nSPS) is 26.7. The van der Waals surface area contributed by atoms with Gasteiger partial charge in [0.25, 0.3) is 5.91 Å². The van der Waals surface area contributed by atoms with Gasteiger partial charge >= 0.3 is 0 Å². The molecule has 5 heteroatoms. The number of aryl methyl sites for hydroxylation is 1. The number of Topliss-reactive ketones (excluding diaryl/α,β-unsaturated/α-hetero) is 1. The lowest BCUT2D eigenvalue weighted by molar-refractivity contribution is -0.123. The van der Waals surface area contributed by atoms with E-state index in [0.717, 1.165) is 37.8 Å². The number of carbonyl (C=O) groups is 2. The van der Waals surface area contributed by atoms with Gasteiger partial charge in [-0.25, -0.2) is 5.48 Å². The number of ketones is 1. The van der Waals surface area contributed by atoms with Crippen LogP contribution in [0, 0.1) is 5.41 Å². The minimum absolute atomic E-state index is 0.0286. The number of hydrogen-bond donors (Lipinski definition) is 3. The molecule has 1 aliphatic carbocycles. The van der Waals surface area contributed by atoms with E-state index < -0.39 is 5.91 Å². The smallest absolute Gasteiger partial charge is 0.274 e. The number of hydrogen-bond acceptors (Lipinski definition) is 4. The van der Waals surface area contributed by atoms with Crippen molar-refractivity contribution in [3.63, 3.8) is 0 Å². The highest BCUT2D eigenvalue weighted by molar-refractivity contribution is 5.93. The van der Waals surface area contributed by atoms with Crippen molar-refractivity contribution in [3.8, 4) is 0 Å². The van der Waals surface area contributed by atoms with Gasteiger partial charge in [0.15, 0.2) is 0 Å². The van der Waals surface area contributed by atoms with Crippen molar-refractivity contribution in [1.29, 1.82) is 0 Å². The zero-order valence-corrected chi connectivity index (χ0v) is 12.8. The Kier molecular flexibility index (Phi) is 4.02. The fourth-order valence-electron chi connectivity index (χ4n) is 4.03. The van der Waals surface area contributed by atoms with Crippen LogP contribution in [0.2, 0.25) is 0 Å². The molecule has 1 spiro atoms. The Morgan fingerprint density at radius 1 is 1.36 bits per heavy atom. The van der Waals surface area contributed by atoms with Crippen LogP contribution in [0.1, 0.15) is 47.7 Å². The molecular weight excluding hydrogens is 280 g/mol.